The zero-order valence-corrected chi connectivity index (χ0v) is 65.3. The van der Waals surface area contributed by atoms with Crippen LogP contribution >= 0.6 is 11.8 Å². The second-order valence-corrected chi connectivity index (χ2v) is 30.6. The number of fused-ring (bicyclic) bond motifs is 7. The van der Waals surface area contributed by atoms with Crippen molar-refractivity contribution in [2.75, 3.05) is 17.2 Å². The fourth-order valence-electron chi connectivity index (χ4n) is 11.4. The highest BCUT2D eigenvalue weighted by Gasteiger charge is 2.23. The first-order valence-corrected chi connectivity index (χ1v) is 37.5. The van der Waals surface area contributed by atoms with Crippen LogP contribution in [0, 0.1) is 23.7 Å². The van der Waals surface area contributed by atoms with Crippen molar-refractivity contribution in [2.24, 2.45) is 23.7 Å². The lowest BCUT2D eigenvalue weighted by Gasteiger charge is -2.29. The molecule has 3 aliphatic heterocycles. The lowest BCUT2D eigenvalue weighted by molar-refractivity contribution is 0.200. The summed E-state index contributed by atoms with van der Waals surface area (Å²) in [6, 6.07) is 21.6. The van der Waals surface area contributed by atoms with Crippen molar-refractivity contribution in [3.63, 3.8) is 0 Å². The zero-order chi connectivity index (χ0) is 75.0. The average molecular weight is 1430 g/mol. The number of thioether (sulfide) groups is 1. The average Bonchev–Trinajstić information content (AvgIpc) is 1.76. The largest absolute Gasteiger partial charge is 0.440 e. The van der Waals surface area contributed by atoms with Crippen molar-refractivity contribution >= 4 is 56.5 Å². The van der Waals surface area contributed by atoms with Gasteiger partial charge in [-0.15, -0.1) is 0 Å². The van der Waals surface area contributed by atoms with Crippen LogP contribution in [0.5, 0.6) is 5.75 Å². The van der Waals surface area contributed by atoms with E-state index in [4.69, 9.17) is 4.74 Å². The highest BCUT2D eigenvalue weighted by atomic mass is 32.2. The van der Waals surface area contributed by atoms with Gasteiger partial charge in [0.05, 0.1) is 105 Å². The fourth-order valence-corrected chi connectivity index (χ4v) is 12.3. The minimum atomic E-state index is 0.464. The maximum Gasteiger partial charge on any atom is 0.190 e. The Morgan fingerprint density at radius 1 is 0.538 bits per heavy atom. The number of pyridine rings is 3. The molecule has 13 heterocycles. The van der Waals surface area contributed by atoms with Gasteiger partial charge in [-0.1, -0.05) is 141 Å². The molecule has 4 aliphatic rings. The molecule has 0 saturated heterocycles. The molecule has 104 heavy (non-hydrogen) atoms. The van der Waals surface area contributed by atoms with Gasteiger partial charge in [0.15, 0.2) is 22.9 Å². The van der Waals surface area contributed by atoms with Crippen LogP contribution in [0.15, 0.2) is 146 Å². The summed E-state index contributed by atoms with van der Waals surface area (Å²) in [6.07, 6.45) is 22.4. The highest BCUT2D eigenvalue weighted by molar-refractivity contribution is 8.03. The SMILES string of the molecule is C=C1Nc2ccc(C(C)C)cc2O1.C=C1Nc2ccc(C(C)C)cc2S1.CC(C)C1CCc2nc[nH]c2C1.CC(C)Cc1cn[nH]n1.CC(C)Cc1ncn[nH]1.CC(C)N1CCc2nc[nH]c2C1.CC(C)c1cc2nc[nH]c2cn1.CC(C)c1ccc2[nH]cnc2n1.CC(C)c1cnc2nc[nH]c2c1. The van der Waals surface area contributed by atoms with Crippen LogP contribution in [0.1, 0.15) is 223 Å². The van der Waals surface area contributed by atoms with Crippen molar-refractivity contribution < 1.29 is 4.74 Å². The summed E-state index contributed by atoms with van der Waals surface area (Å²) < 4.78 is 5.39. The smallest absolute Gasteiger partial charge is 0.190 e. The van der Waals surface area contributed by atoms with Gasteiger partial charge in [0.25, 0.3) is 0 Å². The van der Waals surface area contributed by atoms with E-state index in [0.29, 0.717) is 53.4 Å². The van der Waals surface area contributed by atoms with E-state index in [1.165, 1.54) is 75.6 Å². The third-order valence-electron chi connectivity index (χ3n) is 17.8. The third kappa shape index (κ3) is 24.4. The molecule has 1 aliphatic carbocycles. The molecule has 10 aromatic heterocycles. The van der Waals surface area contributed by atoms with Crippen LogP contribution in [0.25, 0.3) is 33.4 Å². The van der Waals surface area contributed by atoms with Gasteiger partial charge in [-0.3, -0.25) is 15.0 Å². The Labute approximate surface area is 618 Å². The summed E-state index contributed by atoms with van der Waals surface area (Å²) in [5, 5.41) is 24.0. The number of nitrogens with one attached hydrogen (secondary N) is 9. The first-order chi connectivity index (χ1) is 49.8. The molecule has 16 rings (SSSR count). The maximum absolute atomic E-state index is 5.39. The van der Waals surface area contributed by atoms with E-state index < -0.39 is 0 Å². The van der Waals surface area contributed by atoms with Gasteiger partial charge in [-0.05, 0) is 165 Å². The number of aromatic nitrogens is 19. The number of aromatic amines is 7. The topological polar surface area (TPSA) is 302 Å². The summed E-state index contributed by atoms with van der Waals surface area (Å²) in [7, 11) is 0. The molecule has 0 saturated carbocycles. The Morgan fingerprint density at radius 2 is 1.18 bits per heavy atom. The molecule has 23 nitrogen and oxygen atoms in total. The van der Waals surface area contributed by atoms with E-state index >= 15 is 0 Å². The molecule has 0 spiro atoms. The van der Waals surface area contributed by atoms with Crippen molar-refractivity contribution in [3.8, 4) is 5.75 Å². The van der Waals surface area contributed by atoms with E-state index in [2.05, 4.69) is 285 Å². The molecular weight excluding hydrogens is 1320 g/mol. The molecular formula is C80H112N22OS. The van der Waals surface area contributed by atoms with Crippen LogP contribution in [-0.4, -0.2) is 113 Å². The second kappa shape index (κ2) is 39.2. The standard InChI is InChI=1S/C11H13NO.C11H13NS.C10H16N2.2C9H11N3.C9H15N3.C9H11N3.2C6H11N3/c2*1-7(2)9-4-5-10-11(6-9)13-8(3)12-10;1-7(2)8-3-4-9-10(5-8)12-6-11-9;1-6(2)7-3-8-9(4-10-7)12-5-11-8;1-6(2)7-3-8-9(10-4-7)12-5-11-8;1-7(2)12-4-3-8-9(5-12)11-6-10-8;1-6(2)7-3-4-8-9(12-7)11-5-10-8;1-5(2)3-6-7-4-8-9-6;1-5(2)3-6-4-7-9-8-6/h2*4-7,12H,3H2,1-2H3;6-8H,3-5H2,1-2H3,(H,11,12);3-6H,1-2H3,(H,11,12);3-6H,1-2H3,(H,10,11,12);6-7H,3-5H2,1-2H3,(H,10,11);3-6H,1-2H3,(H,10,11,12);2*4-5H,3H2,1-2H3,(H,7,8,9). The Hall–Kier alpha value is -9.81. The fraction of sp³-hybridized carbons (Fsp3) is 0.450. The van der Waals surface area contributed by atoms with Crippen LogP contribution < -0.4 is 15.4 Å². The Bertz CT molecular complexity index is 4150. The second-order valence-electron chi connectivity index (χ2n) is 29.5. The van der Waals surface area contributed by atoms with Crippen molar-refractivity contribution in [1.29, 1.82) is 0 Å². The molecule has 554 valence electrons. The van der Waals surface area contributed by atoms with E-state index in [1.54, 1.807) is 43.3 Å². The minimum absolute atomic E-state index is 0.464. The Kier molecular flexibility index (Phi) is 30.1. The number of rotatable bonds is 11. The summed E-state index contributed by atoms with van der Waals surface area (Å²) in [6.45, 7) is 49.1. The summed E-state index contributed by atoms with van der Waals surface area (Å²) in [5.41, 5.74) is 20.2. The van der Waals surface area contributed by atoms with Gasteiger partial charge >= 0.3 is 0 Å². The highest BCUT2D eigenvalue weighted by Crippen LogP contribution is 2.41. The first kappa shape index (κ1) is 79.9. The van der Waals surface area contributed by atoms with Crippen molar-refractivity contribution in [2.45, 2.75) is 210 Å². The summed E-state index contributed by atoms with van der Waals surface area (Å²) in [5.74, 6) is 8.02. The number of benzene rings is 2. The number of aryl methyl sites for hydroxylation is 1. The van der Waals surface area contributed by atoms with Gasteiger partial charge in [-0.25, -0.2) is 39.9 Å². The molecule has 0 amide bonds. The van der Waals surface area contributed by atoms with E-state index in [-0.39, 0.29) is 0 Å². The van der Waals surface area contributed by atoms with Gasteiger partial charge in [0, 0.05) is 60.1 Å². The van der Waals surface area contributed by atoms with E-state index in [0.717, 1.165) is 117 Å². The molecule has 24 heteroatoms. The maximum atomic E-state index is 5.39. The number of H-pyrrole nitrogens is 7. The quantitative estimate of drug-likeness (QED) is 0.0581. The number of ether oxygens (including phenoxy) is 1. The van der Waals surface area contributed by atoms with Crippen LogP contribution in [0.2, 0.25) is 0 Å². The molecule has 9 N–H and O–H groups in total. The lowest BCUT2D eigenvalue weighted by Crippen LogP contribution is -2.35. The minimum Gasteiger partial charge on any atom is -0.440 e. The van der Waals surface area contributed by atoms with Gasteiger partial charge in [-0.2, -0.15) is 20.5 Å². The number of imidazole rings is 5. The molecule has 1 atom stereocenters. The van der Waals surface area contributed by atoms with Crippen LogP contribution in [0.4, 0.5) is 11.4 Å². The summed E-state index contributed by atoms with van der Waals surface area (Å²) in [4.78, 5) is 57.0. The normalized spacial score (nSPS) is 14.0. The predicted octanol–water partition coefficient (Wildman–Crippen LogP) is 18.5. The third-order valence-corrected chi connectivity index (χ3v) is 18.7. The number of hydrogen-bond donors (Lipinski definition) is 9. The Morgan fingerprint density at radius 3 is 1.83 bits per heavy atom. The van der Waals surface area contributed by atoms with Crippen molar-refractivity contribution in [3.05, 3.63) is 204 Å². The monoisotopic (exact) mass is 1430 g/mol. The van der Waals surface area contributed by atoms with Crippen LogP contribution in [-0.2, 0) is 38.6 Å². The van der Waals surface area contributed by atoms with Gasteiger partial charge < -0.3 is 40.3 Å². The molecule has 12 aromatic rings. The molecule has 1 unspecified atom stereocenters. The number of nitrogens with zero attached hydrogens (tertiary/aromatic N) is 13. The van der Waals surface area contributed by atoms with Crippen LogP contribution in [0.3, 0.4) is 0 Å². The Balaban J connectivity index is 0.000000148. The van der Waals surface area contributed by atoms with Crippen molar-refractivity contribution in [1.82, 2.24) is 100 Å². The van der Waals surface area contributed by atoms with E-state index in [1.807, 2.05) is 43.0 Å². The molecule has 0 fully saturated rings. The van der Waals surface area contributed by atoms with Gasteiger partial charge in [0.1, 0.15) is 12.2 Å². The lowest BCUT2D eigenvalue weighted by atomic mass is 9.82. The number of anilines is 2. The first-order valence-electron chi connectivity index (χ1n) is 36.7. The zero-order valence-electron chi connectivity index (χ0n) is 64.4. The van der Waals surface area contributed by atoms with Gasteiger partial charge in [0.2, 0.25) is 0 Å². The summed E-state index contributed by atoms with van der Waals surface area (Å²) >= 11 is 1.72. The number of hydrogen-bond acceptors (Lipinski definition) is 17. The van der Waals surface area contributed by atoms with E-state index in [9.17, 15) is 0 Å². The molecule has 0 radical (unpaired) electrons. The molecule has 0 bridgehead atoms. The predicted molar refractivity (Wildman–Crippen MR) is 424 cm³/mol. The molecule has 2 aromatic carbocycles.